The molecule has 1 aromatic heterocycles. The van der Waals surface area contributed by atoms with Gasteiger partial charge in [-0.2, -0.15) is 4.85 Å². The van der Waals surface area contributed by atoms with E-state index in [2.05, 4.69) is 9.83 Å². The number of alkyl halides is 1. The number of hydrogen-bond acceptors (Lipinski definition) is 2. The van der Waals surface area contributed by atoms with Crippen LogP contribution in [0.4, 0.5) is 10.2 Å². The molecule has 0 saturated carbocycles. The fourth-order valence-electron chi connectivity index (χ4n) is 3.38. The van der Waals surface area contributed by atoms with Gasteiger partial charge in [0.15, 0.2) is 0 Å². The van der Waals surface area contributed by atoms with Gasteiger partial charge in [-0.15, -0.1) is 0 Å². The van der Waals surface area contributed by atoms with Gasteiger partial charge < -0.3 is 9.64 Å². The van der Waals surface area contributed by atoms with E-state index in [1.165, 1.54) is 19.0 Å². The quantitative estimate of drug-likeness (QED) is 0.538. The monoisotopic (exact) mass is 418 g/mol. The topological polar surface area (TPSA) is 49.7 Å². The third-order valence-corrected chi connectivity index (χ3v) is 5.08. The van der Waals surface area contributed by atoms with Crippen molar-refractivity contribution in [1.29, 1.82) is 0 Å². The molecule has 3 aromatic rings. The standard InChI is InChI=1S/C25H25FN3O2/c1-16(17-9-8-10-18(14-17)23(26)25(30)29(3)4)13-20-21(15-28-24(20)27-2)19-11-6-7-12-22(19)31-5/h2,6-15,23,28H,1,3-5H3/q+1/b16-13+. The molecule has 1 amide bonds. The molecular weight excluding hydrogens is 393 g/mol. The Hall–Kier alpha value is -3.85. The van der Waals surface area contributed by atoms with E-state index >= 15 is 0 Å². The zero-order valence-corrected chi connectivity index (χ0v) is 18.0. The first-order valence-corrected chi connectivity index (χ1v) is 9.77. The molecule has 2 aromatic carbocycles. The first-order valence-electron chi connectivity index (χ1n) is 9.77. The number of hydrogen-bond donors (Lipinski definition) is 1. The minimum Gasteiger partial charge on any atom is -0.496 e. The number of ether oxygens (including phenoxy) is 1. The summed E-state index contributed by atoms with van der Waals surface area (Å²) in [7, 11) is 4.69. The van der Waals surface area contributed by atoms with Gasteiger partial charge in [0.05, 0.1) is 18.9 Å². The maximum absolute atomic E-state index is 14.6. The van der Waals surface area contributed by atoms with Crippen LogP contribution in [0, 0.1) is 6.57 Å². The predicted octanol–water partition coefficient (Wildman–Crippen LogP) is 5.94. The van der Waals surface area contributed by atoms with Gasteiger partial charge in [0.2, 0.25) is 6.17 Å². The van der Waals surface area contributed by atoms with Crippen molar-refractivity contribution < 1.29 is 13.9 Å². The van der Waals surface area contributed by atoms with Gasteiger partial charge in [-0.25, -0.2) is 9.37 Å². The van der Waals surface area contributed by atoms with Crippen LogP contribution in [-0.2, 0) is 4.79 Å². The lowest BCUT2D eigenvalue weighted by molar-refractivity contribution is -0.134. The molecule has 5 nitrogen and oxygen atoms in total. The van der Waals surface area contributed by atoms with Crippen LogP contribution in [0.2, 0.25) is 0 Å². The van der Waals surface area contributed by atoms with E-state index in [-0.39, 0.29) is 0 Å². The number of likely N-dealkylation sites (N-methyl/N-ethyl adjacent to an activating group) is 1. The Morgan fingerprint density at radius 2 is 1.94 bits per heavy atom. The highest BCUT2D eigenvalue weighted by atomic mass is 19.1. The average Bonchev–Trinajstić information content (AvgIpc) is 3.20. The first kappa shape index (κ1) is 21.8. The number of carbonyl (C=O) groups is 1. The summed E-state index contributed by atoms with van der Waals surface area (Å²) in [4.78, 5) is 20.2. The van der Waals surface area contributed by atoms with E-state index in [1.54, 1.807) is 25.3 Å². The van der Waals surface area contributed by atoms with E-state index in [0.29, 0.717) is 11.4 Å². The molecule has 6 heteroatoms. The summed E-state index contributed by atoms with van der Waals surface area (Å²) < 4.78 is 20.1. The van der Waals surface area contributed by atoms with Gasteiger partial charge >= 0.3 is 5.82 Å². The Balaban J connectivity index is 2.05. The van der Waals surface area contributed by atoms with Crippen LogP contribution in [0.15, 0.2) is 54.7 Å². The number of H-pyrrole nitrogens is 1. The SMILES string of the molecule is C#[N+]c1[nH]cc(-c2ccccc2OC)c1/C=C(\C)c1cccc(C(F)C(=O)N(C)C)c1. The normalized spacial score (nSPS) is 12.2. The third-order valence-electron chi connectivity index (χ3n) is 5.08. The second-order valence-electron chi connectivity index (χ2n) is 7.34. The summed E-state index contributed by atoms with van der Waals surface area (Å²) in [5.41, 5.74) is 4.53. The predicted molar refractivity (Wildman–Crippen MR) is 123 cm³/mol. The van der Waals surface area contributed by atoms with Gasteiger partial charge in [0.1, 0.15) is 12.3 Å². The Morgan fingerprint density at radius 1 is 1.19 bits per heavy atom. The Bertz CT molecular complexity index is 1170. The van der Waals surface area contributed by atoms with E-state index in [9.17, 15) is 9.18 Å². The maximum atomic E-state index is 14.6. The fraction of sp³-hybridized carbons (Fsp3) is 0.200. The highest BCUT2D eigenvalue weighted by Crippen LogP contribution is 2.38. The average molecular weight is 418 g/mol. The molecule has 0 radical (unpaired) electrons. The molecule has 3 rings (SSSR count). The van der Waals surface area contributed by atoms with Crippen molar-refractivity contribution in [2.24, 2.45) is 0 Å². The van der Waals surface area contributed by atoms with Crippen molar-refractivity contribution in [1.82, 2.24) is 9.88 Å². The van der Waals surface area contributed by atoms with E-state index in [1.807, 2.05) is 49.5 Å². The number of methoxy groups -OCH3 is 1. The second-order valence-corrected chi connectivity index (χ2v) is 7.34. The second kappa shape index (κ2) is 9.31. The van der Waals surface area contributed by atoms with Gasteiger partial charge in [0, 0.05) is 25.2 Å². The number of halogens is 1. The fourth-order valence-corrected chi connectivity index (χ4v) is 3.38. The molecule has 1 atom stereocenters. The molecule has 0 aliphatic rings. The molecule has 0 bridgehead atoms. The number of rotatable bonds is 6. The number of amides is 1. The molecule has 0 aliphatic carbocycles. The number of allylic oxidation sites excluding steroid dienone is 1. The van der Waals surface area contributed by atoms with Crippen molar-refractivity contribution in [2.45, 2.75) is 13.1 Å². The Morgan fingerprint density at radius 3 is 2.61 bits per heavy atom. The van der Waals surface area contributed by atoms with Gasteiger partial charge in [0.25, 0.3) is 5.91 Å². The highest BCUT2D eigenvalue weighted by molar-refractivity contribution is 5.92. The number of nitrogens with zero attached hydrogens (tertiary/aromatic N) is 2. The number of para-hydroxylation sites is 1. The minimum atomic E-state index is -1.71. The van der Waals surface area contributed by atoms with Crippen molar-refractivity contribution in [3.63, 3.8) is 0 Å². The van der Waals surface area contributed by atoms with E-state index in [4.69, 9.17) is 11.3 Å². The Labute approximate surface area is 181 Å². The summed E-state index contributed by atoms with van der Waals surface area (Å²) >= 11 is 0. The van der Waals surface area contributed by atoms with Crippen LogP contribution in [0.1, 0.15) is 29.8 Å². The molecule has 31 heavy (non-hydrogen) atoms. The number of aromatic nitrogens is 1. The number of carbonyl (C=O) groups excluding carboxylic acids is 1. The first-order chi connectivity index (χ1) is 14.9. The molecule has 1 N–H and O–H groups in total. The molecule has 0 aliphatic heterocycles. The van der Waals surface area contributed by atoms with Crippen LogP contribution in [-0.4, -0.2) is 37.0 Å². The lowest BCUT2D eigenvalue weighted by Crippen LogP contribution is -2.26. The number of nitrogens with one attached hydrogen (secondary N) is 1. The molecule has 0 fully saturated rings. The Kier molecular flexibility index (Phi) is 6.56. The van der Waals surface area contributed by atoms with E-state index < -0.39 is 12.1 Å². The third kappa shape index (κ3) is 4.51. The molecule has 1 heterocycles. The van der Waals surface area contributed by atoms with Crippen LogP contribution >= 0.6 is 0 Å². The van der Waals surface area contributed by atoms with Gasteiger partial charge in [-0.1, -0.05) is 36.4 Å². The molecule has 0 spiro atoms. The lowest BCUT2D eigenvalue weighted by atomic mass is 9.97. The van der Waals surface area contributed by atoms with Gasteiger partial charge in [-0.3, -0.25) is 4.79 Å². The summed E-state index contributed by atoms with van der Waals surface area (Å²) in [5.74, 6) is 0.650. The van der Waals surface area contributed by atoms with Crippen LogP contribution in [0.3, 0.4) is 0 Å². The van der Waals surface area contributed by atoms with Crippen LogP contribution in [0.5, 0.6) is 5.75 Å². The molecular formula is C25H25FN3O2+. The zero-order valence-electron chi connectivity index (χ0n) is 18.0. The number of benzene rings is 2. The van der Waals surface area contributed by atoms with Crippen molar-refractivity contribution in [3.05, 3.63) is 76.3 Å². The van der Waals surface area contributed by atoms with Crippen LogP contribution in [0.25, 0.3) is 27.6 Å². The molecule has 158 valence electrons. The van der Waals surface area contributed by atoms with E-state index in [0.717, 1.165) is 33.6 Å². The lowest BCUT2D eigenvalue weighted by Gasteiger charge is -2.15. The largest absolute Gasteiger partial charge is 0.496 e. The molecule has 1 unspecified atom stereocenters. The smallest absolute Gasteiger partial charge is 0.390 e. The molecule has 0 saturated heterocycles. The summed E-state index contributed by atoms with van der Waals surface area (Å²) in [6.07, 6.45) is 2.05. The zero-order chi connectivity index (χ0) is 22.5. The van der Waals surface area contributed by atoms with Crippen molar-refractivity contribution in [3.8, 4) is 23.4 Å². The van der Waals surface area contributed by atoms with Gasteiger partial charge in [-0.05, 0) is 41.8 Å². The number of aromatic amines is 1. The van der Waals surface area contributed by atoms with Crippen molar-refractivity contribution in [2.75, 3.05) is 21.2 Å². The maximum Gasteiger partial charge on any atom is 0.390 e. The van der Waals surface area contributed by atoms with Crippen LogP contribution < -0.4 is 4.74 Å². The van der Waals surface area contributed by atoms with Crippen molar-refractivity contribution >= 4 is 23.4 Å². The minimum absolute atomic E-state index is 0.312. The highest BCUT2D eigenvalue weighted by Gasteiger charge is 2.23. The summed E-state index contributed by atoms with van der Waals surface area (Å²) in [6, 6.07) is 14.6. The summed E-state index contributed by atoms with van der Waals surface area (Å²) in [6.45, 7) is 7.51. The summed E-state index contributed by atoms with van der Waals surface area (Å²) in [5, 5.41) is 0.